The van der Waals surface area contributed by atoms with Gasteiger partial charge in [-0.2, -0.15) is 12.6 Å². The third kappa shape index (κ3) is 2.92. The molecule has 0 atom stereocenters. The minimum absolute atomic E-state index is 0.912. The van der Waals surface area contributed by atoms with Crippen molar-refractivity contribution in [2.24, 2.45) is 0 Å². The summed E-state index contributed by atoms with van der Waals surface area (Å²) in [6.07, 6.45) is 2.10. The fourth-order valence-electron chi connectivity index (χ4n) is 1.25. The molecule has 0 aromatic heterocycles. The Hall–Kier alpha value is -0.150. The predicted molar refractivity (Wildman–Crippen MR) is 62.9 cm³/mol. The van der Waals surface area contributed by atoms with Gasteiger partial charge in [-0.1, -0.05) is 12.1 Å². The van der Waals surface area contributed by atoms with Crippen molar-refractivity contribution in [3.05, 3.63) is 28.2 Å². The van der Waals surface area contributed by atoms with Gasteiger partial charge in [-0.05, 0) is 46.2 Å². The molecule has 0 bridgehead atoms. The lowest BCUT2D eigenvalue weighted by Crippen LogP contribution is -1.93. The van der Waals surface area contributed by atoms with E-state index in [0.717, 1.165) is 28.8 Å². The van der Waals surface area contributed by atoms with Crippen LogP contribution in [0.25, 0.3) is 0 Å². The minimum Gasteiger partial charge on any atom is -0.495 e. The van der Waals surface area contributed by atoms with E-state index in [1.54, 1.807) is 7.11 Å². The number of hydrogen-bond acceptors (Lipinski definition) is 2. The zero-order valence-electron chi connectivity index (χ0n) is 7.59. The molecule has 0 heterocycles. The lowest BCUT2D eigenvalue weighted by Gasteiger charge is -2.09. The number of hydrogen-bond donors (Lipinski definition) is 1. The Kier molecular flexibility index (Phi) is 4.67. The second-order valence-electron chi connectivity index (χ2n) is 2.76. The second kappa shape index (κ2) is 5.55. The van der Waals surface area contributed by atoms with Gasteiger partial charge in [0.2, 0.25) is 0 Å². The van der Waals surface area contributed by atoms with Crippen LogP contribution >= 0.6 is 28.6 Å². The molecule has 0 fully saturated rings. The van der Waals surface area contributed by atoms with Crippen molar-refractivity contribution in [1.82, 2.24) is 0 Å². The Morgan fingerprint density at radius 1 is 1.46 bits per heavy atom. The van der Waals surface area contributed by atoms with Gasteiger partial charge in [-0.3, -0.25) is 0 Å². The lowest BCUT2D eigenvalue weighted by atomic mass is 10.1. The monoisotopic (exact) mass is 260 g/mol. The lowest BCUT2D eigenvalue weighted by molar-refractivity contribution is 0.407. The molecule has 0 amide bonds. The highest BCUT2D eigenvalue weighted by Crippen LogP contribution is 2.29. The first kappa shape index (κ1) is 10.9. The Morgan fingerprint density at radius 3 is 2.85 bits per heavy atom. The number of thiol groups is 1. The highest BCUT2D eigenvalue weighted by molar-refractivity contribution is 9.10. The van der Waals surface area contributed by atoms with E-state index in [9.17, 15) is 0 Å². The van der Waals surface area contributed by atoms with Crippen molar-refractivity contribution in [3.8, 4) is 5.75 Å². The molecule has 0 spiro atoms. The summed E-state index contributed by atoms with van der Waals surface area (Å²) in [5.74, 6) is 1.86. The average molecular weight is 261 g/mol. The SMILES string of the molecule is COc1c(Br)cccc1CCCS. The maximum absolute atomic E-state index is 5.30. The molecule has 0 aliphatic carbocycles. The Bertz CT molecular complexity index is 276. The topological polar surface area (TPSA) is 9.23 Å². The smallest absolute Gasteiger partial charge is 0.136 e. The molecule has 1 aromatic carbocycles. The molecule has 1 aromatic rings. The standard InChI is InChI=1S/C10H13BrOS/c1-12-10-8(5-3-7-13)4-2-6-9(10)11/h2,4,6,13H,3,5,7H2,1H3. The summed E-state index contributed by atoms with van der Waals surface area (Å²) in [6.45, 7) is 0. The fourth-order valence-corrected chi connectivity index (χ4v) is 1.98. The second-order valence-corrected chi connectivity index (χ2v) is 4.06. The van der Waals surface area contributed by atoms with Crippen LogP contribution in [0.15, 0.2) is 22.7 Å². The minimum atomic E-state index is 0.912. The predicted octanol–water partition coefficient (Wildman–Crippen LogP) is 3.32. The van der Waals surface area contributed by atoms with Crippen LogP contribution in [-0.4, -0.2) is 12.9 Å². The third-order valence-corrected chi connectivity index (χ3v) is 2.80. The molecular formula is C10H13BrOS. The molecule has 0 unspecified atom stereocenters. The van der Waals surface area contributed by atoms with Crippen molar-refractivity contribution in [2.75, 3.05) is 12.9 Å². The van der Waals surface area contributed by atoms with E-state index < -0.39 is 0 Å². The maximum Gasteiger partial charge on any atom is 0.136 e. The van der Waals surface area contributed by atoms with Crippen LogP contribution in [0.1, 0.15) is 12.0 Å². The van der Waals surface area contributed by atoms with E-state index in [2.05, 4.69) is 34.6 Å². The van der Waals surface area contributed by atoms with Crippen LogP contribution in [0.2, 0.25) is 0 Å². The number of methoxy groups -OCH3 is 1. The molecule has 3 heteroatoms. The van der Waals surface area contributed by atoms with Crippen LogP contribution in [-0.2, 0) is 6.42 Å². The van der Waals surface area contributed by atoms with Crippen molar-refractivity contribution in [2.45, 2.75) is 12.8 Å². The van der Waals surface area contributed by atoms with Gasteiger partial charge in [0.1, 0.15) is 5.75 Å². The zero-order chi connectivity index (χ0) is 9.68. The fraction of sp³-hybridized carbons (Fsp3) is 0.400. The normalized spacial score (nSPS) is 10.1. The first-order valence-corrected chi connectivity index (χ1v) is 5.64. The Morgan fingerprint density at radius 2 is 2.23 bits per heavy atom. The largest absolute Gasteiger partial charge is 0.495 e. The molecule has 13 heavy (non-hydrogen) atoms. The van der Waals surface area contributed by atoms with Crippen molar-refractivity contribution in [3.63, 3.8) is 0 Å². The third-order valence-electron chi connectivity index (χ3n) is 1.86. The van der Waals surface area contributed by atoms with Gasteiger partial charge < -0.3 is 4.74 Å². The number of para-hydroxylation sites is 1. The first-order valence-electron chi connectivity index (χ1n) is 4.22. The molecule has 0 radical (unpaired) electrons. The van der Waals surface area contributed by atoms with E-state index in [-0.39, 0.29) is 0 Å². The van der Waals surface area contributed by atoms with E-state index in [4.69, 9.17) is 4.74 Å². The van der Waals surface area contributed by atoms with Gasteiger partial charge >= 0.3 is 0 Å². The molecule has 72 valence electrons. The van der Waals surface area contributed by atoms with Gasteiger partial charge in [0.05, 0.1) is 11.6 Å². The molecular weight excluding hydrogens is 248 g/mol. The first-order chi connectivity index (χ1) is 6.29. The van der Waals surface area contributed by atoms with Crippen LogP contribution in [0.5, 0.6) is 5.75 Å². The number of benzene rings is 1. The average Bonchev–Trinajstić information content (AvgIpc) is 2.15. The van der Waals surface area contributed by atoms with Crippen LogP contribution < -0.4 is 4.74 Å². The van der Waals surface area contributed by atoms with Gasteiger partial charge in [0.25, 0.3) is 0 Å². The zero-order valence-corrected chi connectivity index (χ0v) is 10.1. The Balaban J connectivity index is 2.85. The summed E-state index contributed by atoms with van der Waals surface area (Å²) in [4.78, 5) is 0. The van der Waals surface area contributed by atoms with Crippen molar-refractivity contribution >= 4 is 28.6 Å². The van der Waals surface area contributed by atoms with E-state index >= 15 is 0 Å². The molecule has 0 N–H and O–H groups in total. The highest BCUT2D eigenvalue weighted by Gasteiger charge is 2.05. The van der Waals surface area contributed by atoms with E-state index in [1.165, 1.54) is 5.56 Å². The number of rotatable bonds is 4. The molecule has 0 aliphatic rings. The van der Waals surface area contributed by atoms with Crippen LogP contribution in [0.4, 0.5) is 0 Å². The number of halogens is 1. The summed E-state index contributed by atoms with van der Waals surface area (Å²) >= 11 is 7.64. The van der Waals surface area contributed by atoms with Gasteiger partial charge in [0.15, 0.2) is 0 Å². The molecule has 0 saturated heterocycles. The number of aryl methyl sites for hydroxylation is 1. The summed E-state index contributed by atoms with van der Waals surface area (Å²) in [5.41, 5.74) is 1.24. The molecule has 1 nitrogen and oxygen atoms in total. The van der Waals surface area contributed by atoms with Crippen molar-refractivity contribution in [1.29, 1.82) is 0 Å². The van der Waals surface area contributed by atoms with Crippen LogP contribution in [0.3, 0.4) is 0 Å². The molecule has 0 saturated carbocycles. The Labute approximate surface area is 93.0 Å². The van der Waals surface area contributed by atoms with E-state index in [1.807, 2.05) is 12.1 Å². The van der Waals surface area contributed by atoms with Gasteiger partial charge in [-0.15, -0.1) is 0 Å². The van der Waals surface area contributed by atoms with Crippen LogP contribution in [0, 0.1) is 0 Å². The van der Waals surface area contributed by atoms with Gasteiger partial charge in [0, 0.05) is 0 Å². The summed E-state index contributed by atoms with van der Waals surface area (Å²) < 4.78 is 6.32. The summed E-state index contributed by atoms with van der Waals surface area (Å²) in [5, 5.41) is 0. The van der Waals surface area contributed by atoms with E-state index in [0.29, 0.717) is 0 Å². The number of ether oxygens (including phenoxy) is 1. The maximum atomic E-state index is 5.30. The molecule has 0 aliphatic heterocycles. The van der Waals surface area contributed by atoms with Gasteiger partial charge in [-0.25, -0.2) is 0 Å². The molecule has 1 rings (SSSR count). The highest BCUT2D eigenvalue weighted by atomic mass is 79.9. The summed E-state index contributed by atoms with van der Waals surface area (Å²) in [7, 11) is 1.70. The summed E-state index contributed by atoms with van der Waals surface area (Å²) in [6, 6.07) is 6.11. The van der Waals surface area contributed by atoms with Crippen molar-refractivity contribution < 1.29 is 4.74 Å². The quantitative estimate of drug-likeness (QED) is 0.818.